The van der Waals surface area contributed by atoms with Crippen LogP contribution in [0.5, 0.6) is 0 Å². The van der Waals surface area contributed by atoms with Crippen molar-refractivity contribution >= 4 is 17.5 Å². The smallest absolute Gasteiger partial charge is 0.227 e. The highest BCUT2D eigenvalue weighted by atomic mass is 16.5. The molecule has 0 aromatic carbocycles. The van der Waals surface area contributed by atoms with Crippen LogP contribution in [0.2, 0.25) is 0 Å². The lowest BCUT2D eigenvalue weighted by Crippen LogP contribution is -2.30. The summed E-state index contributed by atoms with van der Waals surface area (Å²) in [4.78, 5) is 34.8. The fraction of sp³-hybridized carbons (Fsp3) is 0.824. The minimum atomic E-state index is -0.293. The maximum absolute atomic E-state index is 11.6. The van der Waals surface area contributed by atoms with Crippen LogP contribution >= 0.6 is 0 Å². The first-order valence-corrected chi connectivity index (χ1v) is 7.77. The fourth-order valence-electron chi connectivity index (χ4n) is 1.99. The van der Waals surface area contributed by atoms with Crippen LogP contribution in [0.15, 0.2) is 0 Å². The Hall–Kier alpha value is -1.23. The first kappa shape index (κ1) is 20.8. The molecule has 0 rings (SSSR count). The summed E-state index contributed by atoms with van der Waals surface area (Å²) in [6.45, 7) is 12.5. The number of nitrogens with one attached hydrogen (secondary N) is 1. The number of rotatable bonds is 9. The molecule has 0 radical (unpaired) electrons. The van der Waals surface area contributed by atoms with Crippen LogP contribution in [0.3, 0.4) is 0 Å². The van der Waals surface area contributed by atoms with E-state index in [9.17, 15) is 14.4 Å². The van der Waals surface area contributed by atoms with Gasteiger partial charge < -0.3 is 10.1 Å². The van der Waals surface area contributed by atoms with E-state index in [1.54, 1.807) is 0 Å². The van der Waals surface area contributed by atoms with Crippen molar-refractivity contribution in [2.75, 3.05) is 19.8 Å². The topological polar surface area (TPSA) is 72.5 Å². The summed E-state index contributed by atoms with van der Waals surface area (Å²) < 4.78 is 5.23. The van der Waals surface area contributed by atoms with Crippen LogP contribution in [0.4, 0.5) is 0 Å². The zero-order chi connectivity index (χ0) is 17.4. The third-order valence-electron chi connectivity index (χ3n) is 2.64. The maximum Gasteiger partial charge on any atom is 0.227 e. The quantitative estimate of drug-likeness (QED) is 0.524. The monoisotopic (exact) mass is 313 g/mol. The Labute approximate surface area is 134 Å². The van der Waals surface area contributed by atoms with E-state index in [4.69, 9.17) is 4.74 Å². The number of carbonyl (C=O) groups excluding carboxylic acids is 3. The van der Waals surface area contributed by atoms with Gasteiger partial charge in [-0.1, -0.05) is 41.5 Å². The van der Waals surface area contributed by atoms with Gasteiger partial charge in [0.15, 0.2) is 5.78 Å². The summed E-state index contributed by atoms with van der Waals surface area (Å²) in [6, 6.07) is 0. The summed E-state index contributed by atoms with van der Waals surface area (Å²) in [5.74, 6) is -0.302. The molecule has 1 amide bonds. The number of ketones is 2. The molecule has 0 aromatic heterocycles. The van der Waals surface area contributed by atoms with Crippen LogP contribution in [0.1, 0.15) is 60.8 Å². The van der Waals surface area contributed by atoms with Gasteiger partial charge in [-0.15, -0.1) is 0 Å². The molecular weight excluding hydrogens is 282 g/mol. The van der Waals surface area contributed by atoms with Crippen molar-refractivity contribution in [1.82, 2.24) is 5.32 Å². The van der Waals surface area contributed by atoms with Gasteiger partial charge in [0.05, 0.1) is 13.0 Å². The Morgan fingerprint density at radius 2 is 1.36 bits per heavy atom. The summed E-state index contributed by atoms with van der Waals surface area (Å²) in [7, 11) is 0. The van der Waals surface area contributed by atoms with Gasteiger partial charge in [-0.25, -0.2) is 0 Å². The average molecular weight is 313 g/mol. The van der Waals surface area contributed by atoms with Crippen LogP contribution in [-0.2, 0) is 19.1 Å². The molecule has 22 heavy (non-hydrogen) atoms. The third kappa shape index (κ3) is 13.7. The Balaban J connectivity index is 3.73. The van der Waals surface area contributed by atoms with Crippen molar-refractivity contribution in [2.45, 2.75) is 60.8 Å². The molecule has 0 aliphatic heterocycles. The van der Waals surface area contributed by atoms with Crippen molar-refractivity contribution < 1.29 is 19.1 Å². The van der Waals surface area contributed by atoms with Gasteiger partial charge in [0.1, 0.15) is 12.4 Å². The van der Waals surface area contributed by atoms with E-state index in [2.05, 4.69) is 5.32 Å². The molecule has 0 saturated heterocycles. The molecule has 0 atom stereocenters. The lowest BCUT2D eigenvalue weighted by molar-refractivity contribution is -0.129. The van der Waals surface area contributed by atoms with Crippen LogP contribution in [0, 0.1) is 10.8 Å². The number of amides is 1. The second-order valence-electron chi connectivity index (χ2n) is 8.13. The van der Waals surface area contributed by atoms with E-state index >= 15 is 0 Å². The summed E-state index contributed by atoms with van der Waals surface area (Å²) in [5, 5.41) is 2.63. The molecule has 128 valence electrons. The predicted octanol–water partition coefficient (Wildman–Crippen LogP) is 2.52. The second kappa shape index (κ2) is 9.03. The highest BCUT2D eigenvalue weighted by Gasteiger charge is 2.18. The molecule has 1 N–H and O–H groups in total. The normalized spacial score (nSPS) is 12.1. The van der Waals surface area contributed by atoms with Crippen molar-refractivity contribution in [1.29, 1.82) is 0 Å². The minimum Gasteiger partial charge on any atom is -0.372 e. The maximum atomic E-state index is 11.6. The summed E-state index contributed by atoms with van der Waals surface area (Å²) >= 11 is 0. The first-order valence-electron chi connectivity index (χ1n) is 7.77. The highest BCUT2D eigenvalue weighted by Crippen LogP contribution is 2.19. The van der Waals surface area contributed by atoms with Crippen LogP contribution in [0.25, 0.3) is 0 Å². The van der Waals surface area contributed by atoms with E-state index in [0.29, 0.717) is 19.4 Å². The number of carbonyl (C=O) groups is 3. The van der Waals surface area contributed by atoms with Gasteiger partial charge in [-0.3, -0.25) is 14.4 Å². The van der Waals surface area contributed by atoms with Gasteiger partial charge in [-0.05, 0) is 10.8 Å². The predicted molar refractivity (Wildman–Crippen MR) is 86.6 cm³/mol. The highest BCUT2D eigenvalue weighted by molar-refractivity contribution is 5.98. The van der Waals surface area contributed by atoms with Crippen molar-refractivity contribution in [3.05, 3.63) is 0 Å². The molecule has 5 nitrogen and oxygen atoms in total. The van der Waals surface area contributed by atoms with E-state index in [1.807, 2.05) is 41.5 Å². The molecule has 0 spiro atoms. The zero-order valence-electron chi connectivity index (χ0n) is 14.9. The molecule has 0 aromatic rings. The molecule has 0 bridgehead atoms. The SMILES string of the molecule is CC(C)(C)CC(=O)COCCNC(=O)CC(=O)CC(C)(C)C. The van der Waals surface area contributed by atoms with Crippen molar-refractivity contribution in [2.24, 2.45) is 10.8 Å². The Morgan fingerprint density at radius 1 is 0.864 bits per heavy atom. The van der Waals surface area contributed by atoms with Gasteiger partial charge in [0, 0.05) is 19.4 Å². The third-order valence-corrected chi connectivity index (χ3v) is 2.64. The largest absolute Gasteiger partial charge is 0.372 e. The van der Waals surface area contributed by atoms with Crippen LogP contribution < -0.4 is 5.32 Å². The lowest BCUT2D eigenvalue weighted by Gasteiger charge is -2.17. The molecule has 5 heteroatoms. The Morgan fingerprint density at radius 3 is 1.86 bits per heavy atom. The van der Waals surface area contributed by atoms with Crippen molar-refractivity contribution in [3.8, 4) is 0 Å². The number of ether oxygens (including phenoxy) is 1. The Kier molecular flexibility index (Phi) is 8.53. The summed E-state index contributed by atoms with van der Waals surface area (Å²) in [6.07, 6.45) is 0.763. The second-order valence-corrected chi connectivity index (χ2v) is 8.13. The molecule has 0 aliphatic carbocycles. The zero-order valence-corrected chi connectivity index (χ0v) is 14.9. The molecule has 0 saturated carbocycles. The molecule has 0 unspecified atom stereocenters. The van der Waals surface area contributed by atoms with Crippen LogP contribution in [-0.4, -0.2) is 37.2 Å². The molecule has 0 fully saturated rings. The minimum absolute atomic E-state index is 0.0396. The van der Waals surface area contributed by atoms with Gasteiger partial charge in [0.2, 0.25) is 5.91 Å². The van der Waals surface area contributed by atoms with Gasteiger partial charge in [-0.2, -0.15) is 0 Å². The van der Waals surface area contributed by atoms with Gasteiger partial charge in [0.25, 0.3) is 0 Å². The number of hydrogen-bond donors (Lipinski definition) is 1. The van der Waals surface area contributed by atoms with E-state index in [-0.39, 0.29) is 47.9 Å². The average Bonchev–Trinajstić information content (AvgIpc) is 2.22. The molecular formula is C17H31NO4. The Bertz CT molecular complexity index is 388. The number of hydrogen-bond acceptors (Lipinski definition) is 4. The standard InChI is InChI=1S/C17H31NO4/c1-16(2,3)10-13(19)9-15(21)18-7-8-22-12-14(20)11-17(4,5)6/h7-12H2,1-6H3,(H,18,21). The van der Waals surface area contributed by atoms with E-state index in [1.165, 1.54) is 0 Å². The summed E-state index contributed by atoms with van der Waals surface area (Å²) in [5.41, 5.74) is -0.143. The van der Waals surface area contributed by atoms with E-state index in [0.717, 1.165) is 0 Å². The molecule has 0 heterocycles. The molecule has 0 aliphatic rings. The lowest BCUT2D eigenvalue weighted by atomic mass is 9.89. The van der Waals surface area contributed by atoms with Crippen molar-refractivity contribution in [3.63, 3.8) is 0 Å². The fourth-order valence-corrected chi connectivity index (χ4v) is 1.99. The number of Topliss-reactive ketones (excluding diaryl/α,β-unsaturated/α-hetero) is 2. The first-order chi connectivity index (χ1) is 9.89. The van der Waals surface area contributed by atoms with Gasteiger partial charge >= 0.3 is 0 Å². The van der Waals surface area contributed by atoms with E-state index < -0.39 is 0 Å².